The molecule has 50 heavy (non-hydrogen) atoms. The smallest absolute Gasteiger partial charge is 0.305 e. The van der Waals surface area contributed by atoms with Crippen LogP contribution in [0.2, 0.25) is 0 Å². The standard InChI is InChI=1S/C48H78O2/c1-39(2)21-12-22-40(3)23-13-24-41(4)25-14-26-42(5)27-15-28-43(6)29-16-30-44(7)31-17-32-45(8)33-18-34-46(9)35-19-36-47(10)37-20-38-48(49)50-11/h21,23,25,27,29,31,33,35,37H,12-20,22,24,26,28,30,32,34,36,38H2,1-11H3/b40-23+,41-25+,42-27-,43-29-,44-31-,45-33-,46-35-,47-37-. The summed E-state index contributed by atoms with van der Waals surface area (Å²) in [4.78, 5) is 11.2. The minimum absolute atomic E-state index is 0.136. The fourth-order valence-electron chi connectivity index (χ4n) is 5.77. The number of rotatable bonds is 27. The maximum absolute atomic E-state index is 11.2. The summed E-state index contributed by atoms with van der Waals surface area (Å²) < 4.78 is 4.70. The van der Waals surface area contributed by atoms with Gasteiger partial charge in [0.15, 0.2) is 0 Å². The zero-order valence-electron chi connectivity index (χ0n) is 34.7. The number of carbonyl (C=O) groups is 1. The van der Waals surface area contributed by atoms with Crippen LogP contribution >= 0.6 is 0 Å². The quantitative estimate of drug-likeness (QED) is 0.0635. The molecular formula is C48H78O2. The van der Waals surface area contributed by atoms with Crippen LogP contribution in [0.1, 0.15) is 185 Å². The van der Waals surface area contributed by atoms with Gasteiger partial charge >= 0.3 is 5.97 Å². The van der Waals surface area contributed by atoms with Gasteiger partial charge in [-0.05, 0) is 178 Å². The third kappa shape index (κ3) is 31.1. The Kier molecular flexibility index (Phi) is 29.1. The molecule has 0 aliphatic heterocycles. The van der Waals surface area contributed by atoms with Gasteiger partial charge in [0.05, 0.1) is 7.11 Å². The van der Waals surface area contributed by atoms with Crippen molar-refractivity contribution in [2.24, 2.45) is 0 Å². The third-order valence-electron chi connectivity index (χ3n) is 9.38. The summed E-state index contributed by atoms with van der Waals surface area (Å²) >= 11 is 0. The average molecular weight is 687 g/mol. The monoisotopic (exact) mass is 687 g/mol. The molecule has 0 heterocycles. The van der Waals surface area contributed by atoms with E-state index in [9.17, 15) is 4.79 Å². The second-order valence-corrected chi connectivity index (χ2v) is 15.1. The van der Waals surface area contributed by atoms with Crippen LogP contribution in [-0.2, 0) is 9.53 Å². The Balaban J connectivity index is 4.23. The third-order valence-corrected chi connectivity index (χ3v) is 9.38. The molecule has 0 aromatic heterocycles. The molecule has 0 atom stereocenters. The van der Waals surface area contributed by atoms with Crippen LogP contribution < -0.4 is 0 Å². The summed E-state index contributed by atoms with van der Waals surface area (Å²) in [6.45, 7) is 22.5. The van der Waals surface area contributed by atoms with E-state index in [4.69, 9.17) is 4.74 Å². The normalized spacial score (nSPS) is 14.4. The van der Waals surface area contributed by atoms with Crippen LogP contribution in [0.5, 0.6) is 0 Å². The van der Waals surface area contributed by atoms with Crippen molar-refractivity contribution in [3.8, 4) is 0 Å². The molecule has 0 aromatic rings. The first kappa shape index (κ1) is 47.1. The van der Waals surface area contributed by atoms with Crippen LogP contribution in [0.3, 0.4) is 0 Å². The summed E-state index contributed by atoms with van der Waals surface area (Å²) in [6, 6.07) is 0. The number of hydrogen-bond acceptors (Lipinski definition) is 2. The number of methoxy groups -OCH3 is 1. The molecule has 0 aliphatic carbocycles. The highest BCUT2D eigenvalue weighted by Crippen LogP contribution is 2.18. The molecule has 2 heteroatoms. The molecule has 0 spiro atoms. The van der Waals surface area contributed by atoms with Crippen molar-refractivity contribution in [1.29, 1.82) is 0 Å². The molecule has 0 aliphatic rings. The van der Waals surface area contributed by atoms with Crippen molar-refractivity contribution in [1.82, 2.24) is 0 Å². The van der Waals surface area contributed by atoms with Crippen molar-refractivity contribution in [3.63, 3.8) is 0 Å². The molecule has 0 unspecified atom stereocenters. The number of carbonyl (C=O) groups excluding carboxylic acids is 1. The zero-order valence-corrected chi connectivity index (χ0v) is 34.7. The van der Waals surface area contributed by atoms with E-state index in [-0.39, 0.29) is 5.97 Å². The van der Waals surface area contributed by atoms with Gasteiger partial charge in [-0.3, -0.25) is 4.79 Å². The molecule has 0 saturated carbocycles. The molecule has 282 valence electrons. The van der Waals surface area contributed by atoms with Crippen LogP contribution in [0.25, 0.3) is 0 Å². The fraction of sp³-hybridized carbons (Fsp3) is 0.604. The molecule has 0 N–H and O–H groups in total. The van der Waals surface area contributed by atoms with Crippen LogP contribution in [0.4, 0.5) is 0 Å². The second-order valence-electron chi connectivity index (χ2n) is 15.1. The van der Waals surface area contributed by atoms with Gasteiger partial charge in [0.25, 0.3) is 0 Å². The molecule has 0 aromatic carbocycles. The van der Waals surface area contributed by atoms with E-state index >= 15 is 0 Å². The Hall–Kier alpha value is -2.87. The Morgan fingerprint density at radius 2 is 0.500 bits per heavy atom. The Bertz CT molecular complexity index is 1230. The van der Waals surface area contributed by atoms with E-state index in [1.165, 1.54) is 89.4 Å². The molecule has 0 radical (unpaired) electrons. The molecule has 0 fully saturated rings. The second kappa shape index (κ2) is 30.9. The number of allylic oxidation sites excluding steroid dienone is 18. The highest BCUT2D eigenvalue weighted by atomic mass is 16.5. The highest BCUT2D eigenvalue weighted by molar-refractivity contribution is 5.69. The van der Waals surface area contributed by atoms with Gasteiger partial charge in [0.1, 0.15) is 0 Å². The maximum Gasteiger partial charge on any atom is 0.305 e. The molecule has 2 nitrogen and oxygen atoms in total. The van der Waals surface area contributed by atoms with Crippen molar-refractivity contribution in [2.45, 2.75) is 185 Å². The van der Waals surface area contributed by atoms with Crippen LogP contribution in [-0.4, -0.2) is 13.1 Å². The summed E-state index contributed by atoms with van der Waals surface area (Å²) in [5, 5.41) is 0. The Labute approximate surface area is 311 Å². The number of esters is 1. The summed E-state index contributed by atoms with van der Waals surface area (Å²) in [6.07, 6.45) is 41.1. The van der Waals surface area contributed by atoms with Gasteiger partial charge in [-0.15, -0.1) is 0 Å². The Morgan fingerprint density at radius 3 is 0.680 bits per heavy atom. The van der Waals surface area contributed by atoms with Crippen LogP contribution in [0.15, 0.2) is 105 Å². The highest BCUT2D eigenvalue weighted by Gasteiger charge is 1.99. The lowest BCUT2D eigenvalue weighted by atomic mass is 10.0. The zero-order chi connectivity index (χ0) is 37.6. The lowest BCUT2D eigenvalue weighted by Crippen LogP contribution is -1.98. The number of ether oxygens (including phenoxy) is 1. The summed E-state index contributed by atoms with van der Waals surface area (Å²) in [5.41, 5.74) is 13.3. The largest absolute Gasteiger partial charge is 0.469 e. The topological polar surface area (TPSA) is 26.3 Å². The van der Waals surface area contributed by atoms with Gasteiger partial charge in [-0.1, -0.05) is 105 Å². The lowest BCUT2D eigenvalue weighted by molar-refractivity contribution is -0.140. The minimum atomic E-state index is -0.136. The van der Waals surface area contributed by atoms with E-state index < -0.39 is 0 Å². The van der Waals surface area contributed by atoms with Crippen molar-refractivity contribution in [2.75, 3.05) is 7.11 Å². The van der Waals surface area contributed by atoms with E-state index in [1.807, 2.05) is 0 Å². The predicted octanol–water partition coefficient (Wildman–Crippen LogP) is 15.7. The van der Waals surface area contributed by atoms with Gasteiger partial charge in [0, 0.05) is 6.42 Å². The number of hydrogen-bond donors (Lipinski definition) is 0. The molecular weight excluding hydrogens is 609 g/mol. The van der Waals surface area contributed by atoms with E-state index in [1.54, 1.807) is 0 Å². The van der Waals surface area contributed by atoms with E-state index in [0.29, 0.717) is 6.42 Å². The van der Waals surface area contributed by atoms with Gasteiger partial charge in [-0.2, -0.15) is 0 Å². The first-order chi connectivity index (χ1) is 23.8. The SMILES string of the molecule is COC(=O)CC/C=C(/C)CC/C=C(/C)CC/C=C(/C)CC/C=C(/C)CC/C=C(/C)CC/C=C(/C)CC/C=C(\C)CC/C=C(\C)CCC=C(C)C. The van der Waals surface area contributed by atoms with Gasteiger partial charge < -0.3 is 4.74 Å². The molecule has 0 bridgehead atoms. The van der Waals surface area contributed by atoms with E-state index in [0.717, 1.165) is 77.0 Å². The fourth-order valence-corrected chi connectivity index (χ4v) is 5.77. The molecule has 0 rings (SSSR count). The molecule has 0 saturated heterocycles. The first-order valence-electron chi connectivity index (χ1n) is 19.8. The summed E-state index contributed by atoms with van der Waals surface area (Å²) in [5.74, 6) is -0.136. The Morgan fingerprint density at radius 1 is 0.320 bits per heavy atom. The van der Waals surface area contributed by atoms with Crippen molar-refractivity contribution >= 4 is 5.97 Å². The minimum Gasteiger partial charge on any atom is -0.469 e. The maximum atomic E-state index is 11.2. The van der Waals surface area contributed by atoms with Gasteiger partial charge in [0.2, 0.25) is 0 Å². The average Bonchev–Trinajstić information content (AvgIpc) is 3.04. The van der Waals surface area contributed by atoms with Crippen LogP contribution in [0, 0.1) is 0 Å². The van der Waals surface area contributed by atoms with Crippen molar-refractivity contribution < 1.29 is 9.53 Å². The lowest BCUT2D eigenvalue weighted by Gasteiger charge is -2.04. The summed E-state index contributed by atoms with van der Waals surface area (Å²) in [7, 11) is 1.45. The first-order valence-corrected chi connectivity index (χ1v) is 19.8. The molecule has 0 amide bonds. The predicted molar refractivity (Wildman–Crippen MR) is 225 cm³/mol. The van der Waals surface area contributed by atoms with Gasteiger partial charge in [-0.25, -0.2) is 0 Å². The van der Waals surface area contributed by atoms with Crippen molar-refractivity contribution in [3.05, 3.63) is 105 Å². The van der Waals surface area contributed by atoms with E-state index in [2.05, 4.69) is 124 Å².